The van der Waals surface area contributed by atoms with Gasteiger partial charge in [0, 0.05) is 44.8 Å². The van der Waals surface area contributed by atoms with E-state index in [2.05, 4.69) is 42.1 Å². The van der Waals surface area contributed by atoms with E-state index in [1.807, 2.05) is 11.8 Å². The van der Waals surface area contributed by atoms with Crippen molar-refractivity contribution >= 4 is 34.5 Å². The topological polar surface area (TPSA) is 85.4 Å². The average Bonchev–Trinajstić information content (AvgIpc) is 3.35. The zero-order valence-corrected chi connectivity index (χ0v) is 21.1. The maximum absolute atomic E-state index is 13.6. The second kappa shape index (κ2) is 8.42. The van der Waals surface area contributed by atoms with E-state index in [0.717, 1.165) is 29.8 Å². The molecule has 1 saturated heterocycles. The minimum absolute atomic E-state index is 0.0451. The Morgan fingerprint density at radius 1 is 1.18 bits per heavy atom. The van der Waals surface area contributed by atoms with Gasteiger partial charge < -0.3 is 14.4 Å². The van der Waals surface area contributed by atoms with Crippen LogP contribution in [0.1, 0.15) is 30.4 Å². The van der Waals surface area contributed by atoms with Gasteiger partial charge in [-0.25, -0.2) is 9.78 Å². The summed E-state index contributed by atoms with van der Waals surface area (Å²) in [6.45, 7) is 6.45. The zero-order valence-electron chi connectivity index (χ0n) is 20.2. The number of carbonyl (C=O) groups excluding carboxylic acids is 1. The van der Waals surface area contributed by atoms with Crippen LogP contribution in [0, 0.1) is 6.92 Å². The van der Waals surface area contributed by atoms with Gasteiger partial charge in [-0.05, 0) is 45.5 Å². The van der Waals surface area contributed by atoms with Crippen molar-refractivity contribution in [2.75, 3.05) is 30.8 Å². The van der Waals surface area contributed by atoms with Gasteiger partial charge in [-0.15, -0.1) is 0 Å². The summed E-state index contributed by atoms with van der Waals surface area (Å²) in [5.41, 5.74) is 3.43. The molecule has 2 atom stereocenters. The lowest BCUT2D eigenvalue weighted by Crippen LogP contribution is -2.47. The fourth-order valence-electron chi connectivity index (χ4n) is 5.43. The molecule has 1 aromatic carbocycles. The van der Waals surface area contributed by atoms with Crippen LogP contribution in [0.4, 0.5) is 5.69 Å². The van der Waals surface area contributed by atoms with Crippen LogP contribution in [0.5, 0.6) is 0 Å². The van der Waals surface area contributed by atoms with Crippen molar-refractivity contribution < 1.29 is 4.79 Å². The van der Waals surface area contributed by atoms with Crippen molar-refractivity contribution in [2.45, 2.75) is 43.9 Å². The third-order valence-electron chi connectivity index (χ3n) is 7.18. The number of nitrogens with zero attached hydrogens (tertiary/aromatic N) is 6. The molecular formula is C24H30N6O3S. The lowest BCUT2D eigenvalue weighted by atomic mass is 9.89. The maximum atomic E-state index is 13.6. The Kier molecular flexibility index (Phi) is 5.68. The van der Waals surface area contributed by atoms with Crippen molar-refractivity contribution in [3.63, 3.8) is 0 Å². The molecule has 180 valence electrons. The molecule has 10 heteroatoms. The highest BCUT2D eigenvalue weighted by molar-refractivity contribution is 7.99. The van der Waals surface area contributed by atoms with E-state index < -0.39 is 5.69 Å². The van der Waals surface area contributed by atoms with E-state index in [4.69, 9.17) is 0 Å². The van der Waals surface area contributed by atoms with Crippen molar-refractivity contribution in [1.82, 2.24) is 23.6 Å². The Balaban J connectivity index is 1.47. The van der Waals surface area contributed by atoms with Crippen molar-refractivity contribution in [3.05, 3.63) is 50.2 Å². The molecule has 2 aliphatic heterocycles. The standard InChI is InChI=1S/C24H30N6O3S/c1-6-29-20-21(27(4)24(33)28(5)22(20)32)25-23(29)34-13-19(31)30-17-8-7-14(2)11-15(17)16-12-26(3)10-9-18(16)30/h7-8,11,16,18H,6,9-10,12-13H2,1-5H3. The second-order valence-electron chi connectivity index (χ2n) is 9.36. The predicted octanol–water partition coefficient (Wildman–Crippen LogP) is 1.69. The second-order valence-corrected chi connectivity index (χ2v) is 10.3. The average molecular weight is 483 g/mol. The lowest BCUT2D eigenvalue weighted by Gasteiger charge is -2.36. The van der Waals surface area contributed by atoms with E-state index in [9.17, 15) is 14.4 Å². The van der Waals surface area contributed by atoms with Crippen LogP contribution in [-0.2, 0) is 25.4 Å². The molecule has 5 rings (SSSR count). The van der Waals surface area contributed by atoms with Gasteiger partial charge in [0.2, 0.25) is 5.91 Å². The normalized spacial score (nSPS) is 20.1. The van der Waals surface area contributed by atoms with Crippen LogP contribution < -0.4 is 16.1 Å². The number of rotatable bonds is 4. The molecule has 0 aliphatic carbocycles. The molecule has 0 N–H and O–H groups in total. The minimum atomic E-state index is -0.414. The van der Waals surface area contributed by atoms with E-state index in [0.29, 0.717) is 28.8 Å². The quantitative estimate of drug-likeness (QED) is 0.526. The fourth-order valence-corrected chi connectivity index (χ4v) is 6.35. The summed E-state index contributed by atoms with van der Waals surface area (Å²) in [6.07, 6.45) is 0.941. The molecule has 1 fully saturated rings. The van der Waals surface area contributed by atoms with Gasteiger partial charge in [0.1, 0.15) is 0 Å². The Labute approximate surface area is 202 Å². The number of hydrogen-bond donors (Lipinski definition) is 0. The van der Waals surface area contributed by atoms with Crippen LogP contribution in [0.15, 0.2) is 32.9 Å². The van der Waals surface area contributed by atoms with Crippen LogP contribution in [0.25, 0.3) is 11.2 Å². The Morgan fingerprint density at radius 2 is 1.94 bits per heavy atom. The summed E-state index contributed by atoms with van der Waals surface area (Å²) in [4.78, 5) is 47.7. The summed E-state index contributed by atoms with van der Waals surface area (Å²) in [5, 5.41) is 0.576. The lowest BCUT2D eigenvalue weighted by molar-refractivity contribution is -0.116. The number of benzene rings is 1. The summed E-state index contributed by atoms with van der Waals surface area (Å²) >= 11 is 1.33. The molecule has 0 spiro atoms. The van der Waals surface area contributed by atoms with Gasteiger partial charge in [0.15, 0.2) is 16.3 Å². The van der Waals surface area contributed by atoms with E-state index >= 15 is 0 Å². The highest BCUT2D eigenvalue weighted by Gasteiger charge is 2.43. The van der Waals surface area contributed by atoms with Gasteiger partial charge >= 0.3 is 5.69 Å². The van der Waals surface area contributed by atoms with Crippen molar-refractivity contribution in [3.8, 4) is 0 Å². The molecular weight excluding hydrogens is 452 g/mol. The number of amides is 1. The molecule has 0 saturated carbocycles. The monoisotopic (exact) mass is 482 g/mol. The Bertz CT molecular complexity index is 1420. The number of aromatic nitrogens is 4. The van der Waals surface area contributed by atoms with Crippen molar-refractivity contribution in [1.29, 1.82) is 0 Å². The first-order chi connectivity index (χ1) is 16.2. The van der Waals surface area contributed by atoms with Crippen molar-refractivity contribution in [2.24, 2.45) is 14.1 Å². The van der Waals surface area contributed by atoms with E-state index in [-0.39, 0.29) is 23.3 Å². The van der Waals surface area contributed by atoms with Crippen LogP contribution in [-0.4, -0.2) is 61.4 Å². The first kappa shape index (κ1) is 22.9. The summed E-state index contributed by atoms with van der Waals surface area (Å²) < 4.78 is 4.28. The molecule has 0 radical (unpaired) electrons. The summed E-state index contributed by atoms with van der Waals surface area (Å²) in [5.74, 6) is 0.577. The molecule has 2 unspecified atom stereocenters. The number of carbonyl (C=O) groups is 1. The number of hydrogen-bond acceptors (Lipinski definition) is 6. The smallest absolute Gasteiger partial charge is 0.313 e. The molecule has 3 aromatic rings. The number of likely N-dealkylation sites (tertiary alicyclic amines) is 1. The van der Waals surface area contributed by atoms with E-state index in [1.54, 1.807) is 11.6 Å². The highest BCUT2D eigenvalue weighted by Crippen LogP contribution is 2.45. The number of imidazole rings is 1. The predicted molar refractivity (Wildman–Crippen MR) is 134 cm³/mol. The molecule has 4 heterocycles. The first-order valence-electron chi connectivity index (χ1n) is 11.6. The SMILES string of the molecule is CCn1c(SCC(=O)N2c3ccc(C)cc3C3CN(C)CCC32)nc2c1c(=O)n(C)c(=O)n2C. The largest absolute Gasteiger partial charge is 0.332 e. The van der Waals surface area contributed by atoms with Gasteiger partial charge in [-0.3, -0.25) is 18.7 Å². The molecule has 34 heavy (non-hydrogen) atoms. The Morgan fingerprint density at radius 3 is 2.68 bits per heavy atom. The Hall–Kier alpha value is -2.85. The minimum Gasteiger partial charge on any atom is -0.313 e. The fraction of sp³-hybridized carbons (Fsp3) is 0.500. The summed E-state index contributed by atoms with van der Waals surface area (Å²) in [7, 11) is 5.22. The van der Waals surface area contributed by atoms with Gasteiger partial charge in [-0.2, -0.15) is 0 Å². The third kappa shape index (κ3) is 3.42. The van der Waals surface area contributed by atoms with E-state index in [1.165, 1.54) is 34.5 Å². The number of anilines is 1. The molecule has 2 aliphatic rings. The number of aryl methyl sites for hydroxylation is 3. The zero-order chi connectivity index (χ0) is 24.3. The van der Waals surface area contributed by atoms with Gasteiger partial charge in [-0.1, -0.05) is 29.5 Å². The number of fused-ring (bicyclic) bond motifs is 4. The highest BCUT2D eigenvalue weighted by atomic mass is 32.2. The number of thioether (sulfide) groups is 1. The number of likely N-dealkylation sites (N-methyl/N-ethyl adjacent to an activating group) is 1. The van der Waals surface area contributed by atoms with Crippen LogP contribution in [0.2, 0.25) is 0 Å². The van der Waals surface area contributed by atoms with Gasteiger partial charge in [0.05, 0.1) is 5.75 Å². The molecule has 0 bridgehead atoms. The third-order valence-corrected chi connectivity index (χ3v) is 8.14. The molecule has 9 nitrogen and oxygen atoms in total. The first-order valence-corrected chi connectivity index (χ1v) is 12.6. The van der Waals surface area contributed by atoms with Crippen LogP contribution >= 0.6 is 11.8 Å². The maximum Gasteiger partial charge on any atom is 0.332 e. The summed E-state index contributed by atoms with van der Waals surface area (Å²) in [6, 6.07) is 6.53. The van der Waals surface area contributed by atoms with Crippen LogP contribution in [0.3, 0.4) is 0 Å². The molecule has 2 aromatic heterocycles. The molecule has 1 amide bonds. The number of piperidine rings is 1. The van der Waals surface area contributed by atoms with Gasteiger partial charge in [0.25, 0.3) is 5.56 Å².